The summed E-state index contributed by atoms with van der Waals surface area (Å²) in [5.74, 6) is 0.611. The SMILES string of the molecule is C=C[C@H]1O[C@@H]2OC(C)(C)O[C@@H]2[C@H]1OCc1cc(OC)c(OC)cc1Br. The highest BCUT2D eigenvalue weighted by molar-refractivity contribution is 9.10. The molecule has 138 valence electrons. The lowest BCUT2D eigenvalue weighted by Gasteiger charge is -2.24. The first kappa shape index (κ1) is 18.7. The predicted molar refractivity (Wildman–Crippen MR) is 94.7 cm³/mol. The Morgan fingerprint density at radius 2 is 1.88 bits per heavy atom. The summed E-state index contributed by atoms with van der Waals surface area (Å²) in [4.78, 5) is 0. The Labute approximate surface area is 156 Å². The lowest BCUT2D eigenvalue weighted by molar-refractivity contribution is -0.213. The van der Waals surface area contributed by atoms with Gasteiger partial charge in [0.05, 0.1) is 20.8 Å². The molecule has 6 nitrogen and oxygen atoms in total. The molecule has 7 heteroatoms. The van der Waals surface area contributed by atoms with Gasteiger partial charge in [-0.05, 0) is 31.5 Å². The Hall–Kier alpha value is -1.12. The summed E-state index contributed by atoms with van der Waals surface area (Å²) in [5.41, 5.74) is 0.932. The van der Waals surface area contributed by atoms with Crippen LogP contribution in [0.5, 0.6) is 11.5 Å². The van der Waals surface area contributed by atoms with E-state index in [4.69, 9.17) is 28.4 Å². The molecule has 0 aromatic heterocycles. The van der Waals surface area contributed by atoms with Crippen molar-refractivity contribution in [3.8, 4) is 11.5 Å². The maximum absolute atomic E-state index is 6.13. The summed E-state index contributed by atoms with van der Waals surface area (Å²) in [7, 11) is 3.20. The van der Waals surface area contributed by atoms with Crippen molar-refractivity contribution in [2.45, 2.75) is 50.8 Å². The zero-order chi connectivity index (χ0) is 18.2. The van der Waals surface area contributed by atoms with Gasteiger partial charge in [-0.2, -0.15) is 0 Å². The van der Waals surface area contributed by atoms with Gasteiger partial charge in [0, 0.05) is 4.47 Å². The van der Waals surface area contributed by atoms with Crippen molar-refractivity contribution < 1.29 is 28.4 Å². The number of halogens is 1. The van der Waals surface area contributed by atoms with Crippen LogP contribution in [0.25, 0.3) is 0 Å². The molecule has 0 N–H and O–H groups in total. The molecule has 0 amide bonds. The van der Waals surface area contributed by atoms with Crippen molar-refractivity contribution in [1.29, 1.82) is 0 Å². The van der Waals surface area contributed by atoms with Gasteiger partial charge >= 0.3 is 0 Å². The number of hydrogen-bond acceptors (Lipinski definition) is 6. The molecule has 0 aliphatic carbocycles. The van der Waals surface area contributed by atoms with Crippen molar-refractivity contribution in [2.75, 3.05) is 14.2 Å². The van der Waals surface area contributed by atoms with E-state index in [2.05, 4.69) is 22.5 Å². The molecule has 25 heavy (non-hydrogen) atoms. The van der Waals surface area contributed by atoms with Crippen molar-refractivity contribution in [3.63, 3.8) is 0 Å². The smallest absolute Gasteiger partial charge is 0.190 e. The molecule has 2 aliphatic rings. The molecular formula is C18H23BrO6. The maximum atomic E-state index is 6.13. The number of methoxy groups -OCH3 is 2. The largest absolute Gasteiger partial charge is 0.493 e. The molecule has 0 saturated carbocycles. The second-order valence-corrected chi connectivity index (χ2v) is 7.23. The summed E-state index contributed by atoms with van der Waals surface area (Å²) < 4.78 is 35.2. The lowest BCUT2D eigenvalue weighted by atomic mass is 10.1. The molecule has 2 saturated heterocycles. The summed E-state index contributed by atoms with van der Waals surface area (Å²) in [6.45, 7) is 7.89. The molecule has 0 radical (unpaired) electrons. The fourth-order valence-corrected chi connectivity index (χ4v) is 3.51. The molecule has 3 rings (SSSR count). The van der Waals surface area contributed by atoms with Crippen LogP contribution in [0.15, 0.2) is 29.3 Å². The van der Waals surface area contributed by atoms with E-state index in [1.165, 1.54) is 0 Å². The van der Waals surface area contributed by atoms with Crippen LogP contribution in [-0.4, -0.2) is 44.6 Å². The zero-order valence-electron chi connectivity index (χ0n) is 14.8. The van der Waals surface area contributed by atoms with Gasteiger partial charge in [0.2, 0.25) is 0 Å². The fraction of sp³-hybridized carbons (Fsp3) is 0.556. The fourth-order valence-electron chi connectivity index (χ4n) is 3.08. The van der Waals surface area contributed by atoms with E-state index < -0.39 is 12.1 Å². The molecule has 1 aromatic rings. The third-order valence-corrected chi connectivity index (χ3v) is 4.98. The van der Waals surface area contributed by atoms with Gasteiger partial charge in [-0.25, -0.2) is 0 Å². The molecule has 0 unspecified atom stereocenters. The Balaban J connectivity index is 1.75. The Kier molecular flexibility index (Phi) is 5.41. The first-order valence-corrected chi connectivity index (χ1v) is 8.83. The molecule has 2 fully saturated rings. The second-order valence-electron chi connectivity index (χ2n) is 6.38. The van der Waals surface area contributed by atoms with Crippen LogP contribution in [0.3, 0.4) is 0 Å². The topological polar surface area (TPSA) is 55.4 Å². The van der Waals surface area contributed by atoms with Crippen molar-refractivity contribution in [2.24, 2.45) is 0 Å². The highest BCUT2D eigenvalue weighted by Crippen LogP contribution is 2.40. The summed E-state index contributed by atoms with van der Waals surface area (Å²) >= 11 is 3.54. The third-order valence-electron chi connectivity index (χ3n) is 4.24. The number of hydrogen-bond donors (Lipinski definition) is 0. The first-order valence-electron chi connectivity index (χ1n) is 8.04. The van der Waals surface area contributed by atoms with Crippen LogP contribution in [0, 0.1) is 0 Å². The standard InChI is InChI=1S/C18H23BrO6/c1-6-12-15(16-17(23-12)25-18(2,3)24-16)22-9-10-7-13(20-4)14(21-5)8-11(10)19/h6-8,12,15-17H,1,9H2,2-5H3/t12-,15+,16-,17-/m1/s1. The molecule has 4 atom stereocenters. The molecular weight excluding hydrogens is 392 g/mol. The maximum Gasteiger partial charge on any atom is 0.190 e. The summed E-state index contributed by atoms with van der Waals surface area (Å²) in [6.07, 6.45) is 0.384. The van der Waals surface area contributed by atoms with Crippen LogP contribution in [0.4, 0.5) is 0 Å². The van der Waals surface area contributed by atoms with Crippen molar-refractivity contribution in [1.82, 2.24) is 0 Å². The number of fused-ring (bicyclic) bond motifs is 1. The van der Waals surface area contributed by atoms with Crippen LogP contribution in [-0.2, 0) is 25.6 Å². The summed E-state index contributed by atoms with van der Waals surface area (Å²) in [6, 6.07) is 3.74. The number of rotatable bonds is 6. The molecule has 0 bridgehead atoms. The van der Waals surface area contributed by atoms with Crippen LogP contribution >= 0.6 is 15.9 Å². The Morgan fingerprint density at radius 3 is 2.52 bits per heavy atom. The van der Waals surface area contributed by atoms with Crippen LogP contribution in [0.1, 0.15) is 19.4 Å². The average molecular weight is 415 g/mol. The van der Waals surface area contributed by atoms with E-state index in [0.29, 0.717) is 18.1 Å². The lowest BCUT2D eigenvalue weighted by Crippen LogP contribution is -2.36. The number of ether oxygens (including phenoxy) is 6. The highest BCUT2D eigenvalue weighted by atomic mass is 79.9. The minimum Gasteiger partial charge on any atom is -0.493 e. The second kappa shape index (κ2) is 7.25. The third kappa shape index (κ3) is 3.71. The normalized spacial score (nSPS) is 30.1. The van der Waals surface area contributed by atoms with E-state index >= 15 is 0 Å². The monoisotopic (exact) mass is 414 g/mol. The summed E-state index contributed by atoms with van der Waals surface area (Å²) in [5, 5.41) is 0. The van der Waals surface area contributed by atoms with Gasteiger partial charge < -0.3 is 28.4 Å². The minimum atomic E-state index is -0.688. The van der Waals surface area contributed by atoms with Gasteiger partial charge in [0.1, 0.15) is 18.3 Å². The highest BCUT2D eigenvalue weighted by Gasteiger charge is 2.54. The molecule has 2 heterocycles. The van der Waals surface area contributed by atoms with Gasteiger partial charge in [-0.1, -0.05) is 22.0 Å². The quantitative estimate of drug-likeness (QED) is 0.664. The van der Waals surface area contributed by atoms with Gasteiger partial charge in [-0.15, -0.1) is 6.58 Å². The Bertz CT molecular complexity index is 647. The van der Waals surface area contributed by atoms with Crippen LogP contribution in [0.2, 0.25) is 0 Å². The average Bonchev–Trinajstić information content (AvgIpc) is 3.04. The predicted octanol–water partition coefficient (Wildman–Crippen LogP) is 3.41. The molecule has 0 spiro atoms. The molecule has 1 aromatic carbocycles. The van der Waals surface area contributed by atoms with E-state index in [0.717, 1.165) is 10.0 Å². The molecule has 2 aliphatic heterocycles. The van der Waals surface area contributed by atoms with Crippen molar-refractivity contribution >= 4 is 15.9 Å². The number of benzene rings is 1. The zero-order valence-corrected chi connectivity index (χ0v) is 16.4. The van der Waals surface area contributed by atoms with Gasteiger partial charge in [-0.3, -0.25) is 0 Å². The van der Waals surface area contributed by atoms with Crippen LogP contribution < -0.4 is 9.47 Å². The van der Waals surface area contributed by atoms with E-state index in [9.17, 15) is 0 Å². The minimum absolute atomic E-state index is 0.287. The van der Waals surface area contributed by atoms with E-state index in [-0.39, 0.29) is 18.3 Å². The van der Waals surface area contributed by atoms with Gasteiger partial charge in [0.15, 0.2) is 23.6 Å². The first-order chi connectivity index (χ1) is 11.9. The van der Waals surface area contributed by atoms with E-state index in [1.807, 2.05) is 26.0 Å². The Morgan fingerprint density at radius 1 is 1.20 bits per heavy atom. The van der Waals surface area contributed by atoms with Crippen molar-refractivity contribution in [3.05, 3.63) is 34.8 Å². The van der Waals surface area contributed by atoms with Gasteiger partial charge in [0.25, 0.3) is 0 Å². The van der Waals surface area contributed by atoms with E-state index in [1.54, 1.807) is 20.3 Å².